The van der Waals surface area contributed by atoms with E-state index in [1.807, 2.05) is 0 Å². The Morgan fingerprint density at radius 3 is 2.57 bits per heavy atom. The van der Waals surface area contributed by atoms with Crippen LogP contribution in [0.2, 0.25) is 0 Å². The van der Waals surface area contributed by atoms with E-state index in [1.54, 1.807) is 0 Å². The smallest absolute Gasteiger partial charge is 0.313 e. The van der Waals surface area contributed by atoms with Crippen LogP contribution in [0.3, 0.4) is 0 Å². The highest BCUT2D eigenvalue weighted by atomic mass is 32.2. The Bertz CT molecular complexity index is 453. The molecular weight excluding hydrogens is 305 g/mol. The summed E-state index contributed by atoms with van der Waals surface area (Å²) in [4.78, 5) is 0. The summed E-state index contributed by atoms with van der Waals surface area (Å²) in [5, 5.41) is 2.99. The first-order valence-electron chi connectivity index (χ1n) is 7.43. The summed E-state index contributed by atoms with van der Waals surface area (Å²) >= 11 is 0. The Morgan fingerprint density at radius 1 is 1.24 bits per heavy atom. The van der Waals surface area contributed by atoms with Crippen LogP contribution in [-0.4, -0.2) is 50.8 Å². The van der Waals surface area contributed by atoms with Crippen molar-refractivity contribution in [1.29, 1.82) is 0 Å². The lowest BCUT2D eigenvalue weighted by atomic mass is 9.82. The van der Waals surface area contributed by atoms with E-state index in [9.17, 15) is 21.6 Å². The predicted molar refractivity (Wildman–Crippen MR) is 74.3 cm³/mol. The molecule has 2 rings (SSSR count). The molecule has 2 aliphatic rings. The van der Waals surface area contributed by atoms with E-state index in [0.717, 1.165) is 19.1 Å². The van der Waals surface area contributed by atoms with Gasteiger partial charge in [-0.15, -0.1) is 0 Å². The summed E-state index contributed by atoms with van der Waals surface area (Å²) in [5.74, 6) is -1.30. The minimum absolute atomic E-state index is 0.00826. The van der Waals surface area contributed by atoms with Gasteiger partial charge in [0.15, 0.2) is 0 Å². The Morgan fingerprint density at radius 2 is 1.95 bits per heavy atom. The molecule has 0 spiro atoms. The lowest BCUT2D eigenvalue weighted by Crippen LogP contribution is -2.50. The van der Waals surface area contributed by atoms with E-state index in [4.69, 9.17) is 0 Å². The van der Waals surface area contributed by atoms with Gasteiger partial charge in [-0.2, -0.15) is 13.2 Å². The van der Waals surface area contributed by atoms with Gasteiger partial charge in [0, 0.05) is 19.1 Å². The topological polar surface area (TPSA) is 49.4 Å². The van der Waals surface area contributed by atoms with Crippen LogP contribution in [0, 0.1) is 11.8 Å². The van der Waals surface area contributed by atoms with Crippen LogP contribution in [0.4, 0.5) is 13.2 Å². The van der Waals surface area contributed by atoms with Gasteiger partial charge in [0.2, 0.25) is 10.0 Å². The van der Waals surface area contributed by atoms with Crippen LogP contribution < -0.4 is 5.32 Å². The van der Waals surface area contributed by atoms with Crippen LogP contribution in [-0.2, 0) is 10.0 Å². The molecule has 124 valence electrons. The summed E-state index contributed by atoms with van der Waals surface area (Å²) in [5.41, 5.74) is 0. The van der Waals surface area contributed by atoms with Gasteiger partial charge in [0.05, 0.1) is 12.2 Å². The van der Waals surface area contributed by atoms with Gasteiger partial charge in [-0.3, -0.25) is 0 Å². The van der Waals surface area contributed by atoms with Gasteiger partial charge < -0.3 is 5.32 Å². The maximum atomic E-state index is 13.1. The molecule has 4 nitrogen and oxygen atoms in total. The van der Waals surface area contributed by atoms with Crippen LogP contribution in [0.15, 0.2) is 0 Å². The SMILES string of the molecule is CS(=O)(=O)N1CCCC(CC2NCCCC2C(F)(F)F)C1. The number of rotatable bonds is 3. The fraction of sp³-hybridized carbons (Fsp3) is 1.00. The molecule has 0 bridgehead atoms. The second kappa shape index (κ2) is 6.42. The Balaban J connectivity index is 1.99. The minimum atomic E-state index is -4.18. The summed E-state index contributed by atoms with van der Waals surface area (Å²) < 4.78 is 63.7. The van der Waals surface area contributed by atoms with E-state index in [1.165, 1.54) is 4.31 Å². The van der Waals surface area contributed by atoms with Crippen molar-refractivity contribution in [2.45, 2.75) is 44.3 Å². The van der Waals surface area contributed by atoms with Crippen LogP contribution in [0.1, 0.15) is 32.1 Å². The molecule has 2 fully saturated rings. The molecule has 2 heterocycles. The van der Waals surface area contributed by atoms with Crippen LogP contribution in [0.25, 0.3) is 0 Å². The quantitative estimate of drug-likeness (QED) is 0.862. The van der Waals surface area contributed by atoms with Gasteiger partial charge in [-0.05, 0) is 44.6 Å². The molecule has 2 aliphatic heterocycles. The number of piperidine rings is 2. The molecule has 21 heavy (non-hydrogen) atoms. The number of nitrogens with one attached hydrogen (secondary N) is 1. The minimum Gasteiger partial charge on any atom is -0.313 e. The molecule has 0 aromatic heterocycles. The van der Waals surface area contributed by atoms with E-state index in [0.29, 0.717) is 32.5 Å². The molecule has 0 amide bonds. The van der Waals surface area contributed by atoms with E-state index in [-0.39, 0.29) is 12.3 Å². The van der Waals surface area contributed by atoms with Crippen molar-refractivity contribution in [3.63, 3.8) is 0 Å². The Labute approximate surface area is 124 Å². The second-order valence-corrected chi connectivity index (χ2v) is 8.20. The number of hydrogen-bond acceptors (Lipinski definition) is 3. The van der Waals surface area contributed by atoms with Crippen molar-refractivity contribution >= 4 is 10.0 Å². The standard InChI is InChI=1S/C13H23F3N2O2S/c1-21(19,20)18-7-3-4-10(9-18)8-12-11(13(14,15)16)5-2-6-17-12/h10-12,17H,2-9H2,1H3. The molecular formula is C13H23F3N2O2S. The monoisotopic (exact) mass is 328 g/mol. The Kier molecular flexibility index (Phi) is 5.20. The van der Waals surface area contributed by atoms with Crippen molar-refractivity contribution in [2.24, 2.45) is 11.8 Å². The fourth-order valence-corrected chi connectivity index (χ4v) is 4.41. The zero-order valence-corrected chi connectivity index (χ0v) is 13.0. The van der Waals surface area contributed by atoms with E-state index >= 15 is 0 Å². The van der Waals surface area contributed by atoms with Gasteiger partial charge in [-0.1, -0.05) is 0 Å². The number of alkyl halides is 3. The lowest BCUT2D eigenvalue weighted by molar-refractivity contribution is -0.189. The van der Waals surface area contributed by atoms with Crippen molar-refractivity contribution in [2.75, 3.05) is 25.9 Å². The molecule has 0 radical (unpaired) electrons. The average molecular weight is 328 g/mol. The summed E-state index contributed by atoms with van der Waals surface area (Å²) in [7, 11) is -3.25. The van der Waals surface area contributed by atoms with Gasteiger partial charge >= 0.3 is 6.18 Å². The molecule has 0 aliphatic carbocycles. The molecule has 3 atom stereocenters. The number of sulfonamides is 1. The first kappa shape index (κ1) is 17.0. The highest BCUT2D eigenvalue weighted by Crippen LogP contribution is 2.37. The predicted octanol–water partition coefficient (Wildman–Crippen LogP) is 1.98. The zero-order valence-electron chi connectivity index (χ0n) is 12.2. The van der Waals surface area contributed by atoms with Crippen molar-refractivity contribution in [3.05, 3.63) is 0 Å². The summed E-state index contributed by atoms with van der Waals surface area (Å²) in [6.45, 7) is 1.44. The molecule has 0 aromatic carbocycles. The molecule has 3 unspecified atom stereocenters. The number of hydrogen-bond donors (Lipinski definition) is 1. The van der Waals surface area contributed by atoms with Gasteiger partial charge in [-0.25, -0.2) is 12.7 Å². The highest BCUT2D eigenvalue weighted by molar-refractivity contribution is 7.88. The third kappa shape index (κ3) is 4.56. The molecule has 2 saturated heterocycles. The maximum absolute atomic E-state index is 13.1. The van der Waals surface area contributed by atoms with E-state index in [2.05, 4.69) is 5.32 Å². The van der Waals surface area contributed by atoms with Crippen LogP contribution in [0.5, 0.6) is 0 Å². The first-order chi connectivity index (χ1) is 9.68. The molecule has 0 aromatic rings. The van der Waals surface area contributed by atoms with Crippen molar-refractivity contribution in [1.82, 2.24) is 9.62 Å². The van der Waals surface area contributed by atoms with Crippen molar-refractivity contribution < 1.29 is 21.6 Å². The molecule has 8 heteroatoms. The highest BCUT2D eigenvalue weighted by Gasteiger charge is 2.46. The molecule has 1 N–H and O–H groups in total. The third-order valence-corrected chi connectivity index (χ3v) is 5.81. The summed E-state index contributed by atoms with van der Waals surface area (Å²) in [6.07, 6.45) is -0.382. The largest absolute Gasteiger partial charge is 0.393 e. The van der Waals surface area contributed by atoms with Gasteiger partial charge in [0.1, 0.15) is 0 Å². The average Bonchev–Trinajstić information content (AvgIpc) is 2.37. The van der Waals surface area contributed by atoms with E-state index < -0.39 is 28.2 Å². The van der Waals surface area contributed by atoms with Crippen LogP contribution >= 0.6 is 0 Å². The van der Waals surface area contributed by atoms with Crippen molar-refractivity contribution in [3.8, 4) is 0 Å². The fourth-order valence-electron chi connectivity index (χ4n) is 3.47. The number of nitrogens with zero attached hydrogens (tertiary/aromatic N) is 1. The first-order valence-corrected chi connectivity index (χ1v) is 9.28. The third-order valence-electron chi connectivity index (χ3n) is 4.54. The second-order valence-electron chi connectivity index (χ2n) is 6.22. The zero-order chi connectivity index (χ0) is 15.7. The lowest BCUT2D eigenvalue weighted by Gasteiger charge is -2.38. The summed E-state index contributed by atoms with van der Waals surface area (Å²) in [6, 6.07) is -0.580. The van der Waals surface area contributed by atoms with Gasteiger partial charge in [0.25, 0.3) is 0 Å². The maximum Gasteiger partial charge on any atom is 0.393 e. The molecule has 0 saturated carbocycles. The normalized spacial score (nSPS) is 33.0. The number of halogens is 3. The Hall–Kier alpha value is -0.340.